The number of carbonyl (C=O) groups excluding carboxylic acids is 1. The number of aliphatic hydroxyl groups excluding tert-OH is 1. The second-order valence-electron chi connectivity index (χ2n) is 4.71. The summed E-state index contributed by atoms with van der Waals surface area (Å²) in [6.45, 7) is 7.77. The van der Waals surface area contributed by atoms with Gasteiger partial charge in [0.15, 0.2) is 0 Å². The van der Waals surface area contributed by atoms with Crippen molar-refractivity contribution in [3.63, 3.8) is 0 Å². The smallest absolute Gasteiger partial charge is 0.254 e. The highest BCUT2D eigenvalue weighted by Gasteiger charge is 2.16. The number of nitrogens with zero attached hydrogens (tertiary/aromatic N) is 1. The van der Waals surface area contributed by atoms with Gasteiger partial charge in [-0.15, -0.1) is 11.3 Å². The fourth-order valence-electron chi connectivity index (χ4n) is 1.70. The van der Waals surface area contributed by atoms with Gasteiger partial charge in [0.05, 0.1) is 17.0 Å². The lowest BCUT2D eigenvalue weighted by molar-refractivity contribution is 0.0746. The summed E-state index contributed by atoms with van der Waals surface area (Å²) in [6, 6.07) is 1.83. The molecule has 0 unspecified atom stereocenters. The van der Waals surface area contributed by atoms with Crippen molar-refractivity contribution in [3.8, 4) is 11.8 Å². The minimum Gasteiger partial charge on any atom is -0.395 e. The van der Waals surface area contributed by atoms with Crippen LogP contribution in [0.25, 0.3) is 0 Å². The Morgan fingerprint density at radius 3 is 2.84 bits per heavy atom. The molecule has 0 saturated heterocycles. The van der Waals surface area contributed by atoms with E-state index < -0.39 is 0 Å². The van der Waals surface area contributed by atoms with Crippen LogP contribution in [0.2, 0.25) is 0 Å². The molecule has 1 rings (SSSR count). The summed E-state index contributed by atoms with van der Waals surface area (Å²) in [6.07, 6.45) is 0.468. The molecule has 0 radical (unpaired) electrons. The molecule has 0 spiro atoms. The van der Waals surface area contributed by atoms with Crippen molar-refractivity contribution in [2.45, 2.75) is 27.2 Å². The quantitative estimate of drug-likeness (QED) is 0.842. The summed E-state index contributed by atoms with van der Waals surface area (Å²) >= 11 is 1.47. The molecular weight excluding hydrogens is 258 g/mol. The van der Waals surface area contributed by atoms with Gasteiger partial charge < -0.3 is 10.0 Å². The third-order valence-corrected chi connectivity index (χ3v) is 3.39. The van der Waals surface area contributed by atoms with E-state index in [1.54, 1.807) is 0 Å². The van der Waals surface area contributed by atoms with Crippen molar-refractivity contribution in [2.24, 2.45) is 5.92 Å². The molecule has 0 aromatic carbocycles. The average Bonchev–Trinajstić information content (AvgIpc) is 2.84. The number of amides is 1. The fraction of sp³-hybridized carbons (Fsp3) is 0.533. The average molecular weight is 279 g/mol. The van der Waals surface area contributed by atoms with Gasteiger partial charge in [0.2, 0.25) is 0 Å². The monoisotopic (exact) mass is 279 g/mol. The molecule has 0 bridgehead atoms. The summed E-state index contributed by atoms with van der Waals surface area (Å²) in [7, 11) is 0. The molecule has 0 fully saturated rings. The van der Waals surface area contributed by atoms with Crippen LogP contribution in [-0.2, 0) is 0 Å². The summed E-state index contributed by atoms with van der Waals surface area (Å²) in [4.78, 5) is 15.0. The van der Waals surface area contributed by atoms with Crippen molar-refractivity contribution in [3.05, 3.63) is 21.9 Å². The van der Waals surface area contributed by atoms with Gasteiger partial charge in [-0.2, -0.15) is 0 Å². The van der Waals surface area contributed by atoms with Gasteiger partial charge in [-0.1, -0.05) is 25.7 Å². The van der Waals surface area contributed by atoms with E-state index >= 15 is 0 Å². The predicted molar refractivity (Wildman–Crippen MR) is 79.3 cm³/mol. The van der Waals surface area contributed by atoms with Crippen molar-refractivity contribution in [1.82, 2.24) is 4.90 Å². The first kappa shape index (κ1) is 15.7. The van der Waals surface area contributed by atoms with E-state index in [-0.39, 0.29) is 12.5 Å². The van der Waals surface area contributed by atoms with Gasteiger partial charge in [0.1, 0.15) is 0 Å². The number of hydrogen-bond acceptors (Lipinski definition) is 3. The Balaban J connectivity index is 2.75. The van der Waals surface area contributed by atoms with E-state index in [4.69, 9.17) is 5.11 Å². The molecular formula is C15H21NO2S. The molecule has 19 heavy (non-hydrogen) atoms. The second-order valence-corrected chi connectivity index (χ2v) is 5.62. The number of thiophene rings is 1. The molecule has 1 amide bonds. The van der Waals surface area contributed by atoms with Gasteiger partial charge in [0, 0.05) is 24.9 Å². The fourth-order valence-corrected chi connectivity index (χ4v) is 2.45. The van der Waals surface area contributed by atoms with E-state index in [0.29, 0.717) is 17.9 Å². The Bertz CT molecular complexity index is 468. The summed E-state index contributed by atoms with van der Waals surface area (Å²) in [5, 5.41) is 10.5. The summed E-state index contributed by atoms with van der Waals surface area (Å²) in [5.74, 6) is 6.36. The maximum Gasteiger partial charge on any atom is 0.254 e. The van der Waals surface area contributed by atoms with Crippen molar-refractivity contribution >= 4 is 17.2 Å². The van der Waals surface area contributed by atoms with E-state index in [9.17, 15) is 4.79 Å². The first-order chi connectivity index (χ1) is 9.08. The SMILES string of the molecule is CCN(CC(C)C)C(=O)c1csc(C#CCCO)c1. The van der Waals surface area contributed by atoms with E-state index in [1.807, 2.05) is 23.3 Å². The lowest BCUT2D eigenvalue weighted by atomic mass is 10.2. The minimum absolute atomic E-state index is 0.0716. The van der Waals surface area contributed by atoms with Gasteiger partial charge in [-0.3, -0.25) is 4.79 Å². The normalized spacial score (nSPS) is 10.2. The molecule has 0 atom stereocenters. The van der Waals surface area contributed by atoms with Crippen molar-refractivity contribution in [2.75, 3.05) is 19.7 Å². The van der Waals surface area contributed by atoms with Gasteiger partial charge >= 0.3 is 0 Å². The molecule has 4 heteroatoms. The Hall–Kier alpha value is -1.31. The Labute approximate surface area is 119 Å². The summed E-state index contributed by atoms with van der Waals surface area (Å²) < 4.78 is 0. The van der Waals surface area contributed by atoms with Crippen molar-refractivity contribution in [1.29, 1.82) is 0 Å². The number of hydrogen-bond donors (Lipinski definition) is 1. The molecule has 0 aliphatic heterocycles. The standard InChI is InChI=1S/C15H21NO2S/c1-4-16(10-12(2)3)15(18)13-9-14(19-11-13)7-5-6-8-17/h9,11-12,17H,4,6,8,10H2,1-3H3. The van der Waals surface area contributed by atoms with Gasteiger partial charge in [-0.05, 0) is 18.9 Å². The lowest BCUT2D eigenvalue weighted by Crippen LogP contribution is -2.33. The van der Waals surface area contributed by atoms with Crippen molar-refractivity contribution < 1.29 is 9.90 Å². The topological polar surface area (TPSA) is 40.5 Å². The molecule has 3 nitrogen and oxygen atoms in total. The Morgan fingerprint density at radius 1 is 1.53 bits per heavy atom. The van der Waals surface area contributed by atoms with Crippen LogP contribution in [0, 0.1) is 17.8 Å². The zero-order valence-corrected chi connectivity index (χ0v) is 12.6. The van der Waals surface area contributed by atoms with Gasteiger partial charge in [-0.25, -0.2) is 0 Å². The van der Waals surface area contributed by atoms with Crippen LogP contribution >= 0.6 is 11.3 Å². The third kappa shape index (κ3) is 5.06. The van der Waals surface area contributed by atoms with Crippen LogP contribution < -0.4 is 0 Å². The highest BCUT2D eigenvalue weighted by Crippen LogP contribution is 2.16. The van der Waals surface area contributed by atoms with E-state index in [2.05, 4.69) is 25.7 Å². The molecule has 0 aliphatic carbocycles. The first-order valence-corrected chi connectivity index (χ1v) is 7.44. The van der Waals surface area contributed by atoms with E-state index in [1.165, 1.54) is 11.3 Å². The number of carbonyl (C=O) groups is 1. The highest BCUT2D eigenvalue weighted by atomic mass is 32.1. The molecule has 1 aromatic heterocycles. The van der Waals surface area contributed by atoms with Crippen LogP contribution in [0.3, 0.4) is 0 Å². The van der Waals surface area contributed by atoms with Crippen LogP contribution in [0.4, 0.5) is 0 Å². The zero-order valence-electron chi connectivity index (χ0n) is 11.8. The maximum atomic E-state index is 12.3. The van der Waals surface area contributed by atoms with E-state index in [0.717, 1.165) is 18.0 Å². The molecule has 1 aromatic rings. The highest BCUT2D eigenvalue weighted by molar-refractivity contribution is 7.10. The summed E-state index contributed by atoms with van der Waals surface area (Å²) in [5.41, 5.74) is 0.709. The lowest BCUT2D eigenvalue weighted by Gasteiger charge is -2.22. The van der Waals surface area contributed by atoms with Crippen LogP contribution in [0.1, 0.15) is 42.4 Å². The number of aliphatic hydroxyl groups is 1. The first-order valence-electron chi connectivity index (χ1n) is 6.56. The molecule has 1 heterocycles. The van der Waals surface area contributed by atoms with Gasteiger partial charge in [0.25, 0.3) is 5.91 Å². The molecule has 0 saturated carbocycles. The Morgan fingerprint density at radius 2 is 2.26 bits per heavy atom. The van der Waals surface area contributed by atoms with Crippen LogP contribution in [0.15, 0.2) is 11.4 Å². The third-order valence-electron chi connectivity index (χ3n) is 2.55. The molecule has 104 valence electrons. The largest absolute Gasteiger partial charge is 0.395 e. The number of rotatable bonds is 5. The molecule has 1 N–H and O–H groups in total. The maximum absolute atomic E-state index is 12.3. The van der Waals surface area contributed by atoms with Crippen LogP contribution in [-0.4, -0.2) is 35.6 Å². The minimum atomic E-state index is 0.0716. The van der Waals surface area contributed by atoms with Crippen LogP contribution in [0.5, 0.6) is 0 Å². The zero-order chi connectivity index (χ0) is 14.3. The molecule has 0 aliphatic rings. The Kier molecular flexibility index (Phi) is 6.61. The second kappa shape index (κ2) is 7.98. The predicted octanol–water partition coefficient (Wildman–Crippen LogP) is 2.60.